The van der Waals surface area contributed by atoms with Gasteiger partial charge in [0.1, 0.15) is 11.4 Å². The van der Waals surface area contributed by atoms with Crippen molar-refractivity contribution in [2.75, 3.05) is 13.0 Å². The van der Waals surface area contributed by atoms with E-state index in [4.69, 9.17) is 15.6 Å². The average molecular weight is 443 g/mol. The number of rotatable bonds is 6. The number of para-hydroxylation sites is 1. The second-order valence-corrected chi connectivity index (χ2v) is 8.32. The quantitative estimate of drug-likeness (QED) is 0.306. The summed E-state index contributed by atoms with van der Waals surface area (Å²) in [6.45, 7) is 2.08. The van der Waals surface area contributed by atoms with Gasteiger partial charge in [-0.25, -0.2) is 9.66 Å². The molecule has 0 bridgehead atoms. The first kappa shape index (κ1) is 20.1. The predicted octanol–water partition coefficient (Wildman–Crippen LogP) is 4.58. The van der Waals surface area contributed by atoms with Gasteiger partial charge in [-0.15, -0.1) is 10.2 Å². The van der Waals surface area contributed by atoms with Crippen molar-refractivity contribution in [3.63, 3.8) is 0 Å². The molecule has 0 aliphatic heterocycles. The summed E-state index contributed by atoms with van der Waals surface area (Å²) in [5.74, 6) is 8.27. The van der Waals surface area contributed by atoms with Crippen molar-refractivity contribution >= 4 is 17.4 Å². The lowest BCUT2D eigenvalue weighted by atomic mass is 10.1. The second-order valence-electron chi connectivity index (χ2n) is 7.37. The van der Waals surface area contributed by atoms with Gasteiger partial charge in [-0.2, -0.15) is 0 Å². The van der Waals surface area contributed by atoms with Gasteiger partial charge in [0, 0.05) is 17.5 Å². The van der Waals surface area contributed by atoms with E-state index in [0.29, 0.717) is 22.5 Å². The smallest absolute Gasteiger partial charge is 0.210 e. The zero-order valence-electron chi connectivity index (χ0n) is 17.8. The number of methoxy groups -OCH3 is 1. The Morgan fingerprint density at radius 1 is 0.969 bits per heavy atom. The molecule has 0 aliphatic carbocycles. The number of ether oxygens (including phenoxy) is 1. The summed E-state index contributed by atoms with van der Waals surface area (Å²) in [5, 5.41) is 9.27. The summed E-state index contributed by atoms with van der Waals surface area (Å²) in [6, 6.07) is 22.0. The van der Waals surface area contributed by atoms with E-state index in [1.54, 1.807) is 7.11 Å². The Labute approximate surface area is 189 Å². The molecule has 0 radical (unpaired) electrons. The van der Waals surface area contributed by atoms with E-state index in [-0.39, 0.29) is 0 Å². The molecule has 3 aromatic heterocycles. The predicted molar refractivity (Wildman–Crippen MR) is 127 cm³/mol. The lowest BCUT2D eigenvalue weighted by Gasteiger charge is -2.08. The summed E-state index contributed by atoms with van der Waals surface area (Å²) in [6.07, 6.45) is 2.11. The molecular formula is C24H22N6OS. The highest BCUT2D eigenvalue weighted by Gasteiger charge is 2.19. The van der Waals surface area contributed by atoms with Gasteiger partial charge in [-0.1, -0.05) is 60.3 Å². The largest absolute Gasteiger partial charge is 0.496 e. The molecule has 5 rings (SSSR count). The first-order chi connectivity index (χ1) is 15.7. The zero-order chi connectivity index (χ0) is 22.1. The molecular weight excluding hydrogens is 420 g/mol. The molecule has 0 spiro atoms. The van der Waals surface area contributed by atoms with Crippen LogP contribution in [0.3, 0.4) is 0 Å². The Morgan fingerprint density at radius 3 is 2.56 bits per heavy atom. The highest BCUT2D eigenvalue weighted by Crippen LogP contribution is 2.32. The molecule has 0 aliphatic rings. The maximum Gasteiger partial charge on any atom is 0.210 e. The summed E-state index contributed by atoms with van der Waals surface area (Å²) in [4.78, 5) is 4.89. The summed E-state index contributed by atoms with van der Waals surface area (Å²) in [5.41, 5.74) is 5.99. The highest BCUT2D eigenvalue weighted by molar-refractivity contribution is 7.98. The molecule has 0 saturated heterocycles. The minimum absolute atomic E-state index is 0.558. The third-order valence-corrected chi connectivity index (χ3v) is 6.22. The molecule has 0 amide bonds. The third kappa shape index (κ3) is 3.58. The van der Waals surface area contributed by atoms with E-state index in [1.165, 1.54) is 22.0 Å². The third-order valence-electron chi connectivity index (χ3n) is 5.26. The molecule has 8 heteroatoms. The van der Waals surface area contributed by atoms with Crippen LogP contribution in [-0.4, -0.2) is 31.4 Å². The zero-order valence-corrected chi connectivity index (χ0v) is 18.6. The molecule has 160 valence electrons. The summed E-state index contributed by atoms with van der Waals surface area (Å²) in [7, 11) is 1.63. The molecule has 0 fully saturated rings. The van der Waals surface area contributed by atoms with Crippen molar-refractivity contribution in [2.45, 2.75) is 17.8 Å². The highest BCUT2D eigenvalue weighted by atomic mass is 32.2. The van der Waals surface area contributed by atoms with Gasteiger partial charge < -0.3 is 15.0 Å². The number of benzene rings is 2. The van der Waals surface area contributed by atoms with Crippen LogP contribution in [0.2, 0.25) is 0 Å². The van der Waals surface area contributed by atoms with Crippen LogP contribution in [0.25, 0.3) is 28.3 Å². The lowest BCUT2D eigenvalue weighted by Crippen LogP contribution is -2.12. The van der Waals surface area contributed by atoms with Crippen LogP contribution in [0.15, 0.2) is 78.1 Å². The van der Waals surface area contributed by atoms with E-state index >= 15 is 0 Å². The first-order valence-electron chi connectivity index (χ1n) is 10.2. The van der Waals surface area contributed by atoms with Crippen LogP contribution in [0.1, 0.15) is 11.3 Å². The first-order valence-corrected chi connectivity index (χ1v) is 11.1. The minimum Gasteiger partial charge on any atom is -0.496 e. The van der Waals surface area contributed by atoms with E-state index in [9.17, 15) is 0 Å². The Hall–Kier alpha value is -3.78. The van der Waals surface area contributed by atoms with Crippen molar-refractivity contribution in [3.8, 4) is 28.4 Å². The number of aromatic nitrogens is 5. The average Bonchev–Trinajstić information content (AvgIpc) is 3.38. The molecule has 0 saturated carbocycles. The molecule has 0 unspecified atom stereocenters. The number of nitrogen functional groups attached to an aromatic ring is 1. The Balaban J connectivity index is 1.51. The lowest BCUT2D eigenvalue weighted by molar-refractivity contribution is 0.416. The van der Waals surface area contributed by atoms with Gasteiger partial charge in [-0.3, -0.25) is 0 Å². The molecule has 0 atom stereocenters. The molecule has 2 N–H and O–H groups in total. The summed E-state index contributed by atoms with van der Waals surface area (Å²) >= 11 is 1.53. The van der Waals surface area contributed by atoms with Gasteiger partial charge in [0.05, 0.1) is 24.1 Å². The number of nitrogens with two attached hydrogens (primary N) is 1. The maximum absolute atomic E-state index is 6.38. The number of imidazole rings is 1. The fraction of sp³-hybridized carbons (Fsp3) is 0.125. The van der Waals surface area contributed by atoms with E-state index in [1.807, 2.05) is 48.5 Å². The monoisotopic (exact) mass is 442 g/mol. The molecule has 32 heavy (non-hydrogen) atoms. The van der Waals surface area contributed by atoms with Crippen LogP contribution in [0.5, 0.6) is 5.75 Å². The maximum atomic E-state index is 6.38. The number of thioether (sulfide) groups is 1. The van der Waals surface area contributed by atoms with Crippen molar-refractivity contribution in [2.24, 2.45) is 0 Å². The number of pyridine rings is 1. The molecule has 3 heterocycles. The standard InChI is InChI=1S/C24H22N6OS/c1-16-12-13-21-26-22(17-8-4-3-5-9-17)19(29(21)14-16)15-32-24-28-27-23(30(24)25)18-10-6-7-11-20(18)31-2/h3-14H,15,25H2,1-2H3. The van der Waals surface area contributed by atoms with Gasteiger partial charge in [0.15, 0.2) is 5.82 Å². The van der Waals surface area contributed by atoms with E-state index in [2.05, 4.69) is 45.9 Å². The Morgan fingerprint density at radius 2 is 1.75 bits per heavy atom. The van der Waals surface area contributed by atoms with Crippen LogP contribution in [0.4, 0.5) is 0 Å². The van der Waals surface area contributed by atoms with Gasteiger partial charge in [0.25, 0.3) is 0 Å². The summed E-state index contributed by atoms with van der Waals surface area (Å²) < 4.78 is 9.11. The minimum atomic E-state index is 0.558. The van der Waals surface area contributed by atoms with Crippen LogP contribution >= 0.6 is 11.8 Å². The van der Waals surface area contributed by atoms with Crippen molar-refractivity contribution in [1.29, 1.82) is 0 Å². The topological polar surface area (TPSA) is 83.3 Å². The van der Waals surface area contributed by atoms with E-state index < -0.39 is 0 Å². The van der Waals surface area contributed by atoms with Gasteiger partial charge in [-0.05, 0) is 30.7 Å². The Bertz CT molecular complexity index is 1390. The molecule has 7 nitrogen and oxygen atoms in total. The number of nitrogens with zero attached hydrogens (tertiary/aromatic N) is 5. The number of fused-ring (bicyclic) bond motifs is 1. The van der Waals surface area contributed by atoms with Gasteiger partial charge in [0.2, 0.25) is 5.16 Å². The number of aryl methyl sites for hydroxylation is 1. The number of hydrogen-bond donors (Lipinski definition) is 1. The number of hydrogen-bond acceptors (Lipinski definition) is 6. The normalized spacial score (nSPS) is 11.2. The Kier molecular flexibility index (Phi) is 5.28. The molecule has 5 aromatic rings. The van der Waals surface area contributed by atoms with Crippen LogP contribution in [-0.2, 0) is 5.75 Å². The van der Waals surface area contributed by atoms with Gasteiger partial charge >= 0.3 is 0 Å². The van der Waals surface area contributed by atoms with Crippen molar-refractivity contribution in [3.05, 3.63) is 84.2 Å². The second kappa shape index (κ2) is 8.39. The van der Waals surface area contributed by atoms with Crippen molar-refractivity contribution in [1.82, 2.24) is 24.3 Å². The van der Waals surface area contributed by atoms with Crippen LogP contribution in [0, 0.1) is 6.92 Å². The fourth-order valence-electron chi connectivity index (χ4n) is 3.69. The van der Waals surface area contributed by atoms with Crippen LogP contribution < -0.4 is 10.6 Å². The SMILES string of the molecule is COc1ccccc1-c1nnc(SCc2c(-c3ccccc3)nc3ccc(C)cn23)n1N. The van der Waals surface area contributed by atoms with Crippen molar-refractivity contribution < 1.29 is 4.74 Å². The van der Waals surface area contributed by atoms with E-state index in [0.717, 1.165) is 28.2 Å². The molecule has 2 aromatic carbocycles. The fourth-order valence-corrected chi connectivity index (χ4v) is 4.55.